The van der Waals surface area contributed by atoms with Crippen molar-refractivity contribution in [1.82, 2.24) is 4.90 Å². The lowest BCUT2D eigenvalue weighted by atomic mass is 10.0. The van der Waals surface area contributed by atoms with Gasteiger partial charge in [-0.15, -0.1) is 0 Å². The van der Waals surface area contributed by atoms with Gasteiger partial charge in [-0.3, -0.25) is 9.59 Å². The number of carbonyl (C=O) groups excluding carboxylic acids is 2. The number of esters is 1. The summed E-state index contributed by atoms with van der Waals surface area (Å²) in [6.07, 6.45) is 34.2. The number of hydrogen-bond donors (Lipinski definition) is 1. The third-order valence-corrected chi connectivity index (χ3v) is 9.08. The summed E-state index contributed by atoms with van der Waals surface area (Å²) < 4.78 is 10.5. The second-order valence-electron chi connectivity index (χ2n) is 14.0. The Labute approximate surface area is 293 Å². The van der Waals surface area contributed by atoms with Crippen LogP contribution in [0.15, 0.2) is 0 Å². The van der Waals surface area contributed by atoms with Crippen molar-refractivity contribution in [2.75, 3.05) is 26.7 Å². The van der Waals surface area contributed by atoms with E-state index in [9.17, 15) is 14.7 Å². The van der Waals surface area contributed by atoms with Gasteiger partial charge in [0.1, 0.15) is 6.10 Å². The molecule has 0 amide bonds. The van der Waals surface area contributed by atoms with Crippen LogP contribution in [0.3, 0.4) is 0 Å². The fourth-order valence-corrected chi connectivity index (χ4v) is 6.00. The summed E-state index contributed by atoms with van der Waals surface area (Å²) in [5.41, 5.74) is 0. The molecule has 1 atom stereocenters. The Balaban J connectivity index is 0. The number of hydrogen-bond acceptors (Lipinski definition) is 6. The van der Waals surface area contributed by atoms with Gasteiger partial charge in [-0.2, -0.15) is 0 Å². The normalized spacial score (nSPS) is 11.8. The van der Waals surface area contributed by atoms with Crippen molar-refractivity contribution in [3.63, 3.8) is 0 Å². The van der Waals surface area contributed by atoms with Crippen molar-refractivity contribution in [3.05, 3.63) is 0 Å². The van der Waals surface area contributed by atoms with Gasteiger partial charge in [0.05, 0.1) is 12.7 Å². The standard InChI is InChI=1S/C34H69NO3.C7H14O2/c1-5-8-11-14-17-22-27-33(28-23-18-15-12-9-6-2)38-34(37)29-24-19-16-20-25-30-35(4)31-32(36)26-21-13-10-7-3;1-2-3-4-5-6-9-7-8/h32-33,36H,5-31H2,1-4H3;7H,2-6H2,1H3. The van der Waals surface area contributed by atoms with E-state index in [4.69, 9.17) is 4.74 Å². The van der Waals surface area contributed by atoms with E-state index in [2.05, 4.69) is 44.4 Å². The summed E-state index contributed by atoms with van der Waals surface area (Å²) in [4.78, 5) is 24.4. The van der Waals surface area contributed by atoms with E-state index in [-0.39, 0.29) is 18.2 Å². The quantitative estimate of drug-likeness (QED) is 0.0406. The number of unbranched alkanes of at least 4 members (excludes halogenated alkanes) is 20. The summed E-state index contributed by atoms with van der Waals surface area (Å²) in [5, 5.41) is 10.2. The molecule has 0 aromatic rings. The largest absolute Gasteiger partial charge is 0.468 e. The first-order valence-electron chi connectivity index (χ1n) is 20.6. The molecule has 6 heteroatoms. The van der Waals surface area contributed by atoms with Crippen LogP contribution in [0.5, 0.6) is 0 Å². The molecule has 0 aliphatic rings. The topological polar surface area (TPSA) is 76.1 Å². The number of carbonyl (C=O) groups is 2. The van der Waals surface area contributed by atoms with Crippen LogP contribution in [0.2, 0.25) is 0 Å². The fourth-order valence-electron chi connectivity index (χ4n) is 6.00. The zero-order valence-electron chi connectivity index (χ0n) is 32.4. The Morgan fingerprint density at radius 2 is 1.02 bits per heavy atom. The van der Waals surface area contributed by atoms with Gasteiger partial charge in [0, 0.05) is 13.0 Å². The van der Waals surface area contributed by atoms with E-state index >= 15 is 0 Å². The first-order chi connectivity index (χ1) is 22.9. The zero-order valence-corrected chi connectivity index (χ0v) is 32.4. The Morgan fingerprint density at radius 1 is 0.596 bits per heavy atom. The lowest BCUT2D eigenvalue weighted by Gasteiger charge is -2.20. The predicted molar refractivity (Wildman–Crippen MR) is 202 cm³/mol. The molecule has 0 heterocycles. The molecule has 282 valence electrons. The smallest absolute Gasteiger partial charge is 0.306 e. The second kappa shape index (κ2) is 41.0. The SMILES string of the molecule is CCCCCCCCC(CCCCCCCC)OC(=O)CCCCCCCN(C)CC(O)CCCCCC.CCCCCCOC=O. The Morgan fingerprint density at radius 3 is 1.55 bits per heavy atom. The number of aliphatic hydroxyl groups excluding tert-OH is 1. The van der Waals surface area contributed by atoms with Crippen LogP contribution in [0, 0.1) is 0 Å². The van der Waals surface area contributed by atoms with Gasteiger partial charge in [0.25, 0.3) is 6.47 Å². The van der Waals surface area contributed by atoms with Crippen molar-refractivity contribution in [3.8, 4) is 0 Å². The van der Waals surface area contributed by atoms with Crippen molar-refractivity contribution in [1.29, 1.82) is 0 Å². The van der Waals surface area contributed by atoms with E-state index in [1.807, 2.05) is 0 Å². The molecule has 47 heavy (non-hydrogen) atoms. The monoisotopic (exact) mass is 670 g/mol. The van der Waals surface area contributed by atoms with E-state index in [0.717, 1.165) is 58.0 Å². The number of ether oxygens (including phenoxy) is 2. The molecule has 1 N–H and O–H groups in total. The van der Waals surface area contributed by atoms with Gasteiger partial charge in [-0.25, -0.2) is 0 Å². The number of likely N-dealkylation sites (N-methyl/N-ethyl adjacent to an activating group) is 1. The molecule has 0 saturated heterocycles. The van der Waals surface area contributed by atoms with Gasteiger partial charge >= 0.3 is 5.97 Å². The first kappa shape index (κ1) is 48.0. The summed E-state index contributed by atoms with van der Waals surface area (Å²) in [5.74, 6) is 0.0274. The van der Waals surface area contributed by atoms with Crippen LogP contribution < -0.4 is 0 Å². The summed E-state index contributed by atoms with van der Waals surface area (Å²) in [6.45, 7) is 11.8. The maximum atomic E-state index is 12.5. The Bertz CT molecular complexity index is 601. The van der Waals surface area contributed by atoms with E-state index < -0.39 is 0 Å². The molecule has 0 radical (unpaired) electrons. The molecule has 0 aliphatic carbocycles. The van der Waals surface area contributed by atoms with Crippen LogP contribution in [-0.4, -0.2) is 61.4 Å². The minimum absolute atomic E-state index is 0.0274. The maximum absolute atomic E-state index is 12.5. The van der Waals surface area contributed by atoms with Crippen LogP contribution in [0.4, 0.5) is 0 Å². The van der Waals surface area contributed by atoms with Gasteiger partial charge < -0.3 is 19.5 Å². The van der Waals surface area contributed by atoms with E-state index in [1.165, 1.54) is 135 Å². The van der Waals surface area contributed by atoms with Gasteiger partial charge in [0.2, 0.25) is 0 Å². The number of nitrogens with zero attached hydrogens (tertiary/aromatic N) is 1. The lowest BCUT2D eigenvalue weighted by molar-refractivity contribution is -0.150. The second-order valence-corrected chi connectivity index (χ2v) is 14.0. The molecule has 1 unspecified atom stereocenters. The highest BCUT2D eigenvalue weighted by Crippen LogP contribution is 2.18. The van der Waals surface area contributed by atoms with Gasteiger partial charge in [-0.1, -0.05) is 156 Å². The molecular formula is C41H83NO5. The predicted octanol–water partition coefficient (Wildman–Crippen LogP) is 11.7. The molecule has 0 aliphatic heterocycles. The third kappa shape index (κ3) is 40.9. The summed E-state index contributed by atoms with van der Waals surface area (Å²) >= 11 is 0. The molecule has 0 aromatic carbocycles. The molecule has 0 bridgehead atoms. The van der Waals surface area contributed by atoms with Gasteiger partial charge in [-0.05, 0) is 65.0 Å². The summed E-state index contributed by atoms with van der Waals surface area (Å²) in [6, 6.07) is 0. The van der Waals surface area contributed by atoms with Crippen LogP contribution in [0.1, 0.15) is 214 Å². The van der Waals surface area contributed by atoms with Crippen molar-refractivity contribution in [2.24, 2.45) is 0 Å². The highest BCUT2D eigenvalue weighted by Gasteiger charge is 2.14. The minimum Gasteiger partial charge on any atom is -0.468 e. The fraction of sp³-hybridized carbons (Fsp3) is 0.951. The van der Waals surface area contributed by atoms with Crippen LogP contribution in [0.25, 0.3) is 0 Å². The third-order valence-electron chi connectivity index (χ3n) is 9.08. The molecular weight excluding hydrogens is 586 g/mol. The Hall–Kier alpha value is -1.14. The van der Waals surface area contributed by atoms with E-state index in [1.54, 1.807) is 0 Å². The minimum atomic E-state index is -0.186. The van der Waals surface area contributed by atoms with Crippen molar-refractivity contribution >= 4 is 12.4 Å². The first-order valence-corrected chi connectivity index (χ1v) is 20.6. The average Bonchev–Trinajstić information content (AvgIpc) is 3.06. The highest BCUT2D eigenvalue weighted by atomic mass is 16.5. The number of rotatable bonds is 36. The van der Waals surface area contributed by atoms with Gasteiger partial charge in [0.15, 0.2) is 0 Å². The molecule has 0 rings (SSSR count). The molecule has 6 nitrogen and oxygen atoms in total. The molecule has 0 fully saturated rings. The van der Waals surface area contributed by atoms with Crippen LogP contribution >= 0.6 is 0 Å². The van der Waals surface area contributed by atoms with Crippen LogP contribution in [-0.2, 0) is 19.1 Å². The van der Waals surface area contributed by atoms with E-state index in [0.29, 0.717) is 19.5 Å². The molecule has 0 saturated carbocycles. The van der Waals surface area contributed by atoms with Crippen molar-refractivity contribution in [2.45, 2.75) is 226 Å². The maximum Gasteiger partial charge on any atom is 0.306 e. The average molecular weight is 670 g/mol. The Kier molecular flexibility index (Phi) is 41.9. The van der Waals surface area contributed by atoms with Crippen molar-refractivity contribution < 1.29 is 24.2 Å². The highest BCUT2D eigenvalue weighted by molar-refractivity contribution is 5.69. The zero-order chi connectivity index (χ0) is 35.1. The molecule has 0 aromatic heterocycles. The molecule has 0 spiro atoms. The lowest BCUT2D eigenvalue weighted by Crippen LogP contribution is -2.29. The number of aliphatic hydroxyl groups is 1. The summed E-state index contributed by atoms with van der Waals surface area (Å²) in [7, 11) is 2.12.